The molecule has 0 spiro atoms. The highest BCUT2D eigenvalue weighted by molar-refractivity contribution is 7.23. The summed E-state index contributed by atoms with van der Waals surface area (Å²) < 4.78 is 14.2. The van der Waals surface area contributed by atoms with Gasteiger partial charge in [-0.25, -0.2) is 4.79 Å². The molecule has 0 aromatic rings. The third kappa shape index (κ3) is 5.18. The highest BCUT2D eigenvalue weighted by Gasteiger charge is 1.92. The van der Waals surface area contributed by atoms with Crippen LogP contribution in [0.25, 0.3) is 0 Å². The van der Waals surface area contributed by atoms with Crippen LogP contribution in [-0.2, 0) is 14.1 Å². The summed E-state index contributed by atoms with van der Waals surface area (Å²) in [5.41, 5.74) is 0. The van der Waals surface area contributed by atoms with Gasteiger partial charge in [-0.05, 0) is 0 Å². The second kappa shape index (κ2) is 5.45. The summed E-state index contributed by atoms with van der Waals surface area (Å²) in [6, 6.07) is 0. The Labute approximate surface area is 54.9 Å². The number of carbonyl (C=O) groups excluding carboxylic acids is 1. The lowest BCUT2D eigenvalue weighted by atomic mass is 10.6. The Morgan fingerprint density at radius 2 is 2.44 bits per heavy atom. The fraction of sp³-hybridized carbons (Fsp3) is 0.400. The lowest BCUT2D eigenvalue weighted by Crippen LogP contribution is -2.01. The maximum absolute atomic E-state index is 10.2. The molecule has 3 nitrogen and oxygen atoms in total. The molecule has 0 aromatic carbocycles. The van der Waals surface area contributed by atoms with Crippen molar-refractivity contribution < 1.29 is 14.1 Å². The molecule has 0 saturated carbocycles. The van der Waals surface area contributed by atoms with E-state index in [2.05, 4.69) is 11.3 Å². The summed E-state index contributed by atoms with van der Waals surface area (Å²) in [6.45, 7) is 3.37. The standard InChI is InChI=1S/C5H7O3P/c1-2-5(6)8-3-4-9-7/h2H,1,3-4H2. The van der Waals surface area contributed by atoms with Gasteiger partial charge in [0.2, 0.25) is 0 Å². The Kier molecular flexibility index (Phi) is 5.03. The molecule has 0 amide bonds. The number of hydrogen-bond donors (Lipinski definition) is 0. The Balaban J connectivity index is 3.16. The van der Waals surface area contributed by atoms with Crippen molar-refractivity contribution >= 4 is 14.4 Å². The molecule has 0 bridgehead atoms. The maximum atomic E-state index is 10.2. The molecule has 0 fully saturated rings. The smallest absolute Gasteiger partial charge is 0.330 e. The quantitative estimate of drug-likeness (QED) is 0.257. The van der Waals surface area contributed by atoms with Gasteiger partial charge in [0.1, 0.15) is 6.61 Å². The van der Waals surface area contributed by atoms with Crippen molar-refractivity contribution in [1.82, 2.24) is 0 Å². The first-order valence-corrected chi connectivity index (χ1v) is 3.39. The van der Waals surface area contributed by atoms with E-state index in [1.165, 1.54) is 0 Å². The van der Waals surface area contributed by atoms with Crippen LogP contribution in [-0.4, -0.2) is 18.7 Å². The molecule has 0 atom stereocenters. The van der Waals surface area contributed by atoms with Gasteiger partial charge in [-0.1, -0.05) is 6.58 Å². The maximum Gasteiger partial charge on any atom is 0.330 e. The van der Waals surface area contributed by atoms with Gasteiger partial charge in [0.05, 0.1) is 6.16 Å². The molecular weight excluding hydrogens is 139 g/mol. The molecule has 0 saturated heterocycles. The average Bonchev–Trinajstić information content (AvgIpc) is 1.89. The molecule has 0 radical (unpaired) electrons. The molecule has 4 heteroatoms. The van der Waals surface area contributed by atoms with Crippen molar-refractivity contribution in [3.63, 3.8) is 0 Å². The number of ether oxygens (including phenoxy) is 1. The van der Waals surface area contributed by atoms with Gasteiger partial charge in [0.25, 0.3) is 0 Å². The molecular formula is C5H7O3P. The van der Waals surface area contributed by atoms with Gasteiger partial charge in [-0.15, -0.1) is 0 Å². The number of carbonyl (C=O) groups is 1. The molecule has 0 aliphatic carbocycles. The van der Waals surface area contributed by atoms with Gasteiger partial charge >= 0.3 is 5.97 Å². The summed E-state index contributed by atoms with van der Waals surface area (Å²) in [5.74, 6) is -0.473. The molecule has 0 aliphatic rings. The third-order valence-corrected chi connectivity index (χ3v) is 0.959. The fourth-order valence-electron chi connectivity index (χ4n) is 0.242. The van der Waals surface area contributed by atoms with Crippen LogP contribution in [0.15, 0.2) is 12.7 Å². The third-order valence-electron chi connectivity index (χ3n) is 0.594. The van der Waals surface area contributed by atoms with E-state index in [0.29, 0.717) is 6.16 Å². The topological polar surface area (TPSA) is 43.4 Å². The van der Waals surface area contributed by atoms with E-state index in [9.17, 15) is 9.36 Å². The minimum absolute atomic E-state index is 0.00510. The summed E-state index contributed by atoms with van der Waals surface area (Å²) in [6.07, 6.45) is 1.42. The predicted molar refractivity (Wildman–Crippen MR) is 33.6 cm³/mol. The van der Waals surface area contributed by atoms with Crippen molar-refractivity contribution in [2.45, 2.75) is 0 Å². The zero-order valence-electron chi connectivity index (χ0n) is 4.87. The molecule has 0 unspecified atom stereocenters. The van der Waals surface area contributed by atoms with Gasteiger partial charge in [0.15, 0.2) is 8.46 Å². The van der Waals surface area contributed by atoms with Crippen LogP contribution < -0.4 is 0 Å². The van der Waals surface area contributed by atoms with E-state index in [1.807, 2.05) is 0 Å². The van der Waals surface area contributed by atoms with Crippen LogP contribution in [0.4, 0.5) is 0 Å². The zero-order chi connectivity index (χ0) is 7.11. The summed E-state index contributed by atoms with van der Waals surface area (Å²) >= 11 is 0. The van der Waals surface area contributed by atoms with Crippen molar-refractivity contribution in [3.8, 4) is 0 Å². The SMILES string of the molecule is C=CC(=O)OCCP=O. The molecule has 0 rings (SSSR count). The largest absolute Gasteiger partial charge is 0.462 e. The van der Waals surface area contributed by atoms with E-state index < -0.39 is 5.97 Å². The second-order valence-corrected chi connectivity index (χ2v) is 1.93. The van der Waals surface area contributed by atoms with Gasteiger partial charge in [-0.3, -0.25) is 4.57 Å². The molecule has 0 aromatic heterocycles. The van der Waals surface area contributed by atoms with Crippen molar-refractivity contribution in [2.24, 2.45) is 0 Å². The number of rotatable bonds is 4. The average molecular weight is 146 g/mol. The molecule has 0 aliphatic heterocycles. The highest BCUT2D eigenvalue weighted by atomic mass is 31.1. The van der Waals surface area contributed by atoms with E-state index in [-0.39, 0.29) is 15.1 Å². The molecule has 0 heterocycles. The molecule has 50 valence electrons. The number of hydrogen-bond acceptors (Lipinski definition) is 3. The van der Waals surface area contributed by atoms with Crippen molar-refractivity contribution in [3.05, 3.63) is 12.7 Å². The van der Waals surface area contributed by atoms with E-state index >= 15 is 0 Å². The molecule has 9 heavy (non-hydrogen) atoms. The van der Waals surface area contributed by atoms with Gasteiger partial charge in [0, 0.05) is 6.08 Å². The monoisotopic (exact) mass is 146 g/mol. The van der Waals surface area contributed by atoms with Gasteiger partial charge < -0.3 is 4.74 Å². The van der Waals surface area contributed by atoms with E-state index in [4.69, 9.17) is 0 Å². The first-order chi connectivity index (χ1) is 4.31. The van der Waals surface area contributed by atoms with Crippen LogP contribution in [0.5, 0.6) is 0 Å². The van der Waals surface area contributed by atoms with Crippen molar-refractivity contribution in [1.29, 1.82) is 0 Å². The normalized spacial score (nSPS) is 8.89. The first-order valence-electron chi connectivity index (χ1n) is 2.39. The lowest BCUT2D eigenvalue weighted by molar-refractivity contribution is -0.137. The predicted octanol–water partition coefficient (Wildman–Crippen LogP) is 1.01. The first kappa shape index (κ1) is 8.31. The van der Waals surface area contributed by atoms with Crippen LogP contribution >= 0.6 is 8.46 Å². The Hall–Kier alpha value is -0.690. The fourth-order valence-corrected chi connectivity index (χ4v) is 0.408. The molecule has 0 N–H and O–H groups in total. The summed E-state index contributed by atoms with van der Waals surface area (Å²) in [7, 11) is -0.00510. The van der Waals surface area contributed by atoms with Gasteiger partial charge in [-0.2, -0.15) is 0 Å². The minimum atomic E-state index is -0.473. The summed E-state index contributed by atoms with van der Waals surface area (Å²) in [4.78, 5) is 10.2. The van der Waals surface area contributed by atoms with Crippen LogP contribution in [0.2, 0.25) is 0 Å². The Morgan fingerprint density at radius 1 is 1.78 bits per heavy atom. The Morgan fingerprint density at radius 3 is 2.89 bits per heavy atom. The van der Waals surface area contributed by atoms with E-state index in [0.717, 1.165) is 6.08 Å². The lowest BCUT2D eigenvalue weighted by Gasteiger charge is -1.93. The van der Waals surface area contributed by atoms with Crippen LogP contribution in [0.3, 0.4) is 0 Å². The van der Waals surface area contributed by atoms with Crippen LogP contribution in [0.1, 0.15) is 0 Å². The van der Waals surface area contributed by atoms with Crippen LogP contribution in [0, 0.1) is 0 Å². The zero-order valence-corrected chi connectivity index (χ0v) is 5.77. The number of esters is 1. The highest BCUT2D eigenvalue weighted by Crippen LogP contribution is 1.90. The summed E-state index contributed by atoms with van der Waals surface area (Å²) in [5, 5.41) is 0. The van der Waals surface area contributed by atoms with E-state index in [1.54, 1.807) is 0 Å². The van der Waals surface area contributed by atoms with Crippen molar-refractivity contribution in [2.75, 3.05) is 12.8 Å². The second-order valence-electron chi connectivity index (χ2n) is 1.22. The Bertz CT molecular complexity index is 121. The minimum Gasteiger partial charge on any atom is -0.462 e.